The van der Waals surface area contributed by atoms with Gasteiger partial charge in [0.15, 0.2) is 5.96 Å². The number of aliphatic hydroxyl groups is 1. The normalized spacial score (nSPS) is 13.7. The Morgan fingerprint density at radius 1 is 0.842 bits per heavy atom. The zero-order chi connectivity index (χ0) is 28.7. The average Bonchev–Trinajstić information content (AvgIpc) is 2.86. The molecule has 4 atom stereocenters. The number of aliphatic imine (C=N–C) groups is 1. The Hall–Kier alpha value is -4.24. The molecule has 0 aliphatic carbocycles. The Balaban J connectivity index is 3.02. The fourth-order valence-corrected chi connectivity index (χ4v) is 3.30. The molecule has 0 bridgehead atoms. The topological polar surface area (TPSA) is 278 Å². The summed E-state index contributed by atoms with van der Waals surface area (Å²) in [5.41, 5.74) is 22.6. The van der Waals surface area contributed by atoms with Crippen molar-refractivity contribution < 1.29 is 34.2 Å². The average molecular weight is 537 g/mol. The van der Waals surface area contributed by atoms with Crippen LogP contribution in [0.5, 0.6) is 0 Å². The van der Waals surface area contributed by atoms with Crippen LogP contribution in [0, 0.1) is 0 Å². The number of aliphatic hydroxyl groups excluding tert-OH is 1. The zero-order valence-electron chi connectivity index (χ0n) is 20.8. The van der Waals surface area contributed by atoms with E-state index in [9.17, 15) is 29.1 Å². The van der Waals surface area contributed by atoms with Gasteiger partial charge in [-0.3, -0.25) is 24.2 Å². The number of guanidine groups is 1. The molecule has 38 heavy (non-hydrogen) atoms. The van der Waals surface area contributed by atoms with Gasteiger partial charge in [0, 0.05) is 13.0 Å². The summed E-state index contributed by atoms with van der Waals surface area (Å²) in [5.74, 6) is -4.80. The molecule has 0 heterocycles. The van der Waals surface area contributed by atoms with Crippen LogP contribution in [0.3, 0.4) is 0 Å². The fraction of sp³-hybridized carbons (Fsp3) is 0.478. The molecule has 15 nitrogen and oxygen atoms in total. The number of amides is 4. The van der Waals surface area contributed by atoms with Crippen molar-refractivity contribution in [3.05, 3.63) is 35.9 Å². The fourth-order valence-electron chi connectivity index (χ4n) is 3.30. The number of rotatable bonds is 17. The van der Waals surface area contributed by atoms with Crippen LogP contribution >= 0.6 is 0 Å². The summed E-state index contributed by atoms with van der Waals surface area (Å²) in [5, 5.41) is 25.3. The molecular formula is C23H36N8O7. The molecule has 0 aromatic heterocycles. The summed E-state index contributed by atoms with van der Waals surface area (Å²) in [6, 6.07) is 3.81. The second-order valence-electron chi connectivity index (χ2n) is 8.45. The van der Waals surface area contributed by atoms with Crippen LogP contribution in [0.1, 0.15) is 31.2 Å². The van der Waals surface area contributed by atoms with E-state index in [1.165, 1.54) is 0 Å². The minimum Gasteiger partial charge on any atom is -0.480 e. The van der Waals surface area contributed by atoms with Gasteiger partial charge in [-0.25, -0.2) is 4.79 Å². The number of aliphatic carboxylic acids is 1. The van der Waals surface area contributed by atoms with Crippen molar-refractivity contribution in [2.24, 2.45) is 27.9 Å². The zero-order valence-corrected chi connectivity index (χ0v) is 20.8. The first kappa shape index (κ1) is 31.8. The van der Waals surface area contributed by atoms with Gasteiger partial charge in [0.05, 0.1) is 12.6 Å². The van der Waals surface area contributed by atoms with E-state index in [1.807, 2.05) is 6.07 Å². The lowest BCUT2D eigenvalue weighted by atomic mass is 10.0. The maximum absolute atomic E-state index is 13.1. The number of carboxylic acids is 1. The van der Waals surface area contributed by atoms with Crippen molar-refractivity contribution in [2.75, 3.05) is 13.2 Å². The molecule has 13 N–H and O–H groups in total. The lowest BCUT2D eigenvalue weighted by Crippen LogP contribution is -2.57. The quantitative estimate of drug-likeness (QED) is 0.0535. The van der Waals surface area contributed by atoms with Gasteiger partial charge in [0.25, 0.3) is 0 Å². The van der Waals surface area contributed by atoms with Crippen LogP contribution in [0.2, 0.25) is 0 Å². The first-order valence-corrected chi connectivity index (χ1v) is 11.8. The van der Waals surface area contributed by atoms with Crippen LogP contribution in [-0.2, 0) is 30.4 Å². The summed E-state index contributed by atoms with van der Waals surface area (Å²) >= 11 is 0. The van der Waals surface area contributed by atoms with E-state index < -0.39 is 60.4 Å². The van der Waals surface area contributed by atoms with Crippen LogP contribution in [0.25, 0.3) is 0 Å². The van der Waals surface area contributed by atoms with E-state index in [0.29, 0.717) is 0 Å². The Labute approximate surface area is 219 Å². The minimum absolute atomic E-state index is 0.0605. The summed E-state index contributed by atoms with van der Waals surface area (Å²) in [6.45, 7) is -0.749. The molecule has 0 saturated carbocycles. The first-order chi connectivity index (χ1) is 17.9. The molecule has 0 spiro atoms. The third kappa shape index (κ3) is 12.1. The van der Waals surface area contributed by atoms with Crippen LogP contribution in [-0.4, -0.2) is 83.1 Å². The van der Waals surface area contributed by atoms with Crippen LogP contribution < -0.4 is 38.9 Å². The van der Waals surface area contributed by atoms with E-state index in [-0.39, 0.29) is 44.6 Å². The number of benzene rings is 1. The first-order valence-electron chi connectivity index (χ1n) is 11.8. The van der Waals surface area contributed by atoms with E-state index in [2.05, 4.69) is 20.9 Å². The smallest absolute Gasteiger partial charge is 0.328 e. The Morgan fingerprint density at radius 3 is 1.92 bits per heavy atom. The summed E-state index contributed by atoms with van der Waals surface area (Å²) < 4.78 is 0. The number of nitrogens with two attached hydrogens (primary N) is 4. The highest BCUT2D eigenvalue weighted by Crippen LogP contribution is 2.06. The van der Waals surface area contributed by atoms with E-state index >= 15 is 0 Å². The number of nitrogens with zero attached hydrogens (tertiary/aromatic N) is 1. The van der Waals surface area contributed by atoms with Crippen LogP contribution in [0.4, 0.5) is 0 Å². The summed E-state index contributed by atoms with van der Waals surface area (Å²) in [4.78, 5) is 64.8. The molecule has 0 aliphatic heterocycles. The molecule has 1 aromatic carbocycles. The van der Waals surface area contributed by atoms with Gasteiger partial charge in [-0.15, -0.1) is 0 Å². The van der Waals surface area contributed by atoms with Gasteiger partial charge in [0.2, 0.25) is 23.6 Å². The Morgan fingerprint density at radius 2 is 1.39 bits per heavy atom. The molecule has 0 fully saturated rings. The Bertz CT molecular complexity index is 985. The second-order valence-corrected chi connectivity index (χ2v) is 8.45. The Kier molecular flexibility index (Phi) is 13.8. The van der Waals surface area contributed by atoms with Gasteiger partial charge >= 0.3 is 5.97 Å². The van der Waals surface area contributed by atoms with Crippen molar-refractivity contribution in [3.63, 3.8) is 0 Å². The number of nitrogens with one attached hydrogen (secondary N) is 3. The monoisotopic (exact) mass is 536 g/mol. The van der Waals surface area contributed by atoms with Crippen LogP contribution in [0.15, 0.2) is 35.3 Å². The number of carboxylic acid groups (broad SMARTS) is 1. The van der Waals surface area contributed by atoms with Crippen molar-refractivity contribution in [1.29, 1.82) is 0 Å². The highest BCUT2D eigenvalue weighted by molar-refractivity contribution is 5.94. The minimum atomic E-state index is -1.64. The molecule has 4 unspecified atom stereocenters. The lowest BCUT2D eigenvalue weighted by molar-refractivity contribution is -0.143. The standard InChI is InChI=1S/C23H36N8O7/c24-14(11-13-5-2-1-3-6-13)19(34)29-15(7-4-10-28-23(26)27)20(35)30-16(8-9-18(25)33)21(36)31-17(12-32)22(37)38/h1-3,5-6,14-17,32H,4,7-12,24H2,(H2,25,33)(H,29,34)(H,30,35)(H,31,36)(H,37,38)(H4,26,27,28). The van der Waals surface area contributed by atoms with Gasteiger partial charge in [0.1, 0.15) is 18.1 Å². The van der Waals surface area contributed by atoms with E-state index in [4.69, 9.17) is 28.0 Å². The summed E-state index contributed by atoms with van der Waals surface area (Å²) in [6.07, 6.45) is -0.0269. The number of carbonyl (C=O) groups is 5. The SMILES string of the molecule is NC(=O)CCC(NC(=O)C(CCCN=C(N)N)NC(=O)C(N)Cc1ccccc1)C(=O)NC(CO)C(=O)O. The molecule has 15 heteroatoms. The molecule has 0 radical (unpaired) electrons. The van der Waals surface area contributed by atoms with Gasteiger partial charge < -0.3 is 49.1 Å². The highest BCUT2D eigenvalue weighted by Gasteiger charge is 2.30. The predicted octanol–water partition coefficient (Wildman–Crippen LogP) is -3.59. The second kappa shape index (κ2) is 16.5. The maximum Gasteiger partial charge on any atom is 0.328 e. The lowest BCUT2D eigenvalue weighted by Gasteiger charge is -2.25. The summed E-state index contributed by atoms with van der Waals surface area (Å²) in [7, 11) is 0. The van der Waals surface area contributed by atoms with Gasteiger partial charge in [-0.05, 0) is 31.2 Å². The third-order valence-corrected chi connectivity index (χ3v) is 5.32. The highest BCUT2D eigenvalue weighted by atomic mass is 16.4. The molecule has 210 valence electrons. The van der Waals surface area contributed by atoms with Gasteiger partial charge in [-0.1, -0.05) is 30.3 Å². The number of primary amides is 1. The molecule has 4 amide bonds. The number of hydrogen-bond acceptors (Lipinski definition) is 8. The molecule has 1 aromatic rings. The number of hydrogen-bond donors (Lipinski definition) is 9. The number of carbonyl (C=O) groups excluding carboxylic acids is 4. The van der Waals surface area contributed by atoms with Crippen molar-refractivity contribution in [2.45, 2.75) is 56.3 Å². The van der Waals surface area contributed by atoms with Crippen molar-refractivity contribution >= 4 is 35.6 Å². The molecular weight excluding hydrogens is 500 g/mol. The van der Waals surface area contributed by atoms with E-state index in [1.54, 1.807) is 24.3 Å². The predicted molar refractivity (Wildman–Crippen MR) is 137 cm³/mol. The van der Waals surface area contributed by atoms with E-state index in [0.717, 1.165) is 5.56 Å². The molecule has 0 saturated heterocycles. The largest absolute Gasteiger partial charge is 0.480 e. The molecule has 0 aliphatic rings. The van der Waals surface area contributed by atoms with Crippen molar-refractivity contribution in [3.8, 4) is 0 Å². The van der Waals surface area contributed by atoms with Crippen molar-refractivity contribution in [1.82, 2.24) is 16.0 Å². The third-order valence-electron chi connectivity index (χ3n) is 5.32. The maximum atomic E-state index is 13.1. The van der Waals surface area contributed by atoms with Gasteiger partial charge in [-0.2, -0.15) is 0 Å². The molecule has 1 rings (SSSR count).